The average Bonchev–Trinajstić information content (AvgIpc) is 3.09. The summed E-state index contributed by atoms with van der Waals surface area (Å²) in [5, 5.41) is 2.87. The Hall–Kier alpha value is -4.03. The van der Waals surface area contributed by atoms with Gasteiger partial charge in [-0.15, -0.1) is 24.8 Å². The van der Waals surface area contributed by atoms with Gasteiger partial charge in [0, 0.05) is 38.2 Å². The molecule has 11 nitrogen and oxygen atoms in total. The number of ether oxygens (including phenoxy) is 3. The summed E-state index contributed by atoms with van der Waals surface area (Å²) in [6.45, 7) is 4.83. The van der Waals surface area contributed by atoms with E-state index in [0.29, 0.717) is 72.4 Å². The minimum atomic E-state index is -0.368. The van der Waals surface area contributed by atoms with E-state index in [1.807, 2.05) is 30.0 Å². The van der Waals surface area contributed by atoms with Crippen LogP contribution in [0.2, 0.25) is 0 Å². The molecule has 0 aromatic heterocycles. The van der Waals surface area contributed by atoms with Crippen molar-refractivity contribution in [3.8, 4) is 17.2 Å². The number of unbranched alkanes of at least 4 members (excludes halogenated alkanes) is 2. The van der Waals surface area contributed by atoms with Crippen LogP contribution in [0.15, 0.2) is 60.7 Å². The van der Waals surface area contributed by atoms with Crippen molar-refractivity contribution in [1.82, 2.24) is 4.90 Å². The zero-order chi connectivity index (χ0) is 34.5. The van der Waals surface area contributed by atoms with Gasteiger partial charge in [-0.3, -0.25) is 14.4 Å². The molecule has 3 aromatic carbocycles. The van der Waals surface area contributed by atoms with Gasteiger partial charge in [-0.05, 0) is 100 Å². The molecule has 1 fully saturated rings. The largest absolute Gasteiger partial charge is 0.495 e. The lowest BCUT2D eigenvalue weighted by Crippen LogP contribution is -2.42. The minimum absolute atomic E-state index is 0. The van der Waals surface area contributed by atoms with Gasteiger partial charge in [0.15, 0.2) is 0 Å². The number of nitrogens with one attached hydrogen (secondary N) is 1. The molecule has 13 heteroatoms. The number of amides is 3. The van der Waals surface area contributed by atoms with Crippen molar-refractivity contribution in [2.75, 3.05) is 57.2 Å². The molecule has 4 rings (SSSR count). The molecule has 5 N–H and O–H groups in total. The predicted octanol–water partition coefficient (Wildman–Crippen LogP) is 5.99. The van der Waals surface area contributed by atoms with Crippen LogP contribution in [0, 0.1) is 6.92 Å². The fraction of sp³-hybridized carbons (Fsp3) is 0.432. The molecular weight excluding hydrogens is 681 g/mol. The quantitative estimate of drug-likeness (QED) is 0.152. The predicted molar refractivity (Wildman–Crippen MR) is 203 cm³/mol. The molecule has 0 unspecified atom stereocenters. The molecule has 0 atom stereocenters. The molecule has 1 aliphatic heterocycles. The number of benzene rings is 3. The topological polar surface area (TPSA) is 149 Å². The zero-order valence-electron chi connectivity index (χ0n) is 29.2. The van der Waals surface area contributed by atoms with Gasteiger partial charge in [0.05, 0.1) is 37.3 Å². The van der Waals surface area contributed by atoms with Crippen LogP contribution in [-0.4, -0.2) is 75.7 Å². The van der Waals surface area contributed by atoms with Crippen molar-refractivity contribution >= 4 is 53.9 Å². The van der Waals surface area contributed by atoms with Crippen molar-refractivity contribution in [2.24, 2.45) is 11.5 Å². The Labute approximate surface area is 307 Å². The maximum atomic E-state index is 13.7. The molecule has 3 amide bonds. The van der Waals surface area contributed by atoms with E-state index in [9.17, 15) is 14.4 Å². The van der Waals surface area contributed by atoms with Crippen LogP contribution >= 0.6 is 24.8 Å². The second kappa shape index (κ2) is 21.2. The third kappa shape index (κ3) is 11.8. The van der Waals surface area contributed by atoms with Crippen molar-refractivity contribution in [3.63, 3.8) is 0 Å². The van der Waals surface area contributed by atoms with Crippen LogP contribution < -0.4 is 35.9 Å². The molecule has 0 aliphatic carbocycles. The van der Waals surface area contributed by atoms with E-state index in [4.69, 9.17) is 25.7 Å². The average molecular weight is 733 g/mol. The van der Waals surface area contributed by atoms with E-state index in [1.165, 1.54) is 7.11 Å². The molecule has 0 saturated carbocycles. The summed E-state index contributed by atoms with van der Waals surface area (Å²) in [6.07, 6.45) is 5.40. The summed E-state index contributed by atoms with van der Waals surface area (Å²) in [7, 11) is 3.18. The summed E-state index contributed by atoms with van der Waals surface area (Å²) in [6, 6.07) is 17.8. The second-order valence-corrected chi connectivity index (χ2v) is 12.1. The monoisotopic (exact) mass is 731 g/mol. The SMILES string of the molecule is COc1cc(C(=O)N(C)c2ccc(C)cc2OCCCCCC(=O)N2CCC(N)CC2)ccc1NC(=O)c1ccccc1OCCCN.Cl.Cl. The first-order valence-corrected chi connectivity index (χ1v) is 16.7. The number of halogens is 2. The highest BCUT2D eigenvalue weighted by molar-refractivity contribution is 6.09. The molecule has 1 aliphatic rings. The number of hydrogen-bond acceptors (Lipinski definition) is 8. The standard InChI is InChI=1S/C37H49N5O6.2ClH/c1-26-13-16-31(34(24-26)48-22-8-4-5-12-35(43)42-20-17-28(39)18-21-42)41(2)37(45)27-14-15-30(33(25-27)46-3)40-36(44)29-10-6-7-11-32(29)47-23-9-19-38;;/h6-7,10-11,13-16,24-25,28H,4-5,8-9,12,17-23,38-39H2,1-3H3,(H,40,44);2*1H. The van der Waals surface area contributed by atoms with Crippen molar-refractivity contribution in [2.45, 2.75) is 57.9 Å². The first kappa shape index (κ1) is 42.1. The second-order valence-electron chi connectivity index (χ2n) is 12.1. The first-order chi connectivity index (χ1) is 23.2. The van der Waals surface area contributed by atoms with Crippen molar-refractivity contribution < 1.29 is 28.6 Å². The van der Waals surface area contributed by atoms with Gasteiger partial charge in [0.25, 0.3) is 11.8 Å². The van der Waals surface area contributed by atoms with E-state index in [2.05, 4.69) is 5.32 Å². The zero-order valence-corrected chi connectivity index (χ0v) is 30.8. The summed E-state index contributed by atoms with van der Waals surface area (Å²) in [5.41, 5.74) is 14.3. The number of likely N-dealkylation sites (tertiary alicyclic amines) is 1. The van der Waals surface area contributed by atoms with E-state index >= 15 is 0 Å². The highest BCUT2D eigenvalue weighted by atomic mass is 35.5. The molecule has 274 valence electrons. The highest BCUT2D eigenvalue weighted by Crippen LogP contribution is 2.32. The van der Waals surface area contributed by atoms with Gasteiger partial charge in [0.2, 0.25) is 5.91 Å². The number of carbonyl (C=O) groups is 3. The lowest BCUT2D eigenvalue weighted by molar-refractivity contribution is -0.132. The number of aryl methyl sites for hydroxylation is 1. The number of anilines is 2. The number of para-hydroxylation sites is 1. The van der Waals surface area contributed by atoms with Crippen LogP contribution in [0.3, 0.4) is 0 Å². The molecule has 0 bridgehead atoms. The number of carbonyl (C=O) groups excluding carboxylic acids is 3. The number of piperidine rings is 1. The van der Waals surface area contributed by atoms with E-state index < -0.39 is 0 Å². The lowest BCUT2D eigenvalue weighted by atomic mass is 10.1. The Morgan fingerprint density at radius 1 is 0.880 bits per heavy atom. The van der Waals surface area contributed by atoms with Gasteiger partial charge in [-0.25, -0.2) is 0 Å². The number of hydrogen-bond donors (Lipinski definition) is 3. The van der Waals surface area contributed by atoms with Crippen LogP contribution in [0.25, 0.3) is 0 Å². The number of rotatable bonds is 16. The normalized spacial score (nSPS) is 12.6. The summed E-state index contributed by atoms with van der Waals surface area (Å²) >= 11 is 0. The number of methoxy groups -OCH3 is 1. The molecular formula is C37H51Cl2N5O6. The molecule has 0 spiro atoms. The lowest BCUT2D eigenvalue weighted by Gasteiger charge is -2.30. The number of nitrogens with zero attached hydrogens (tertiary/aromatic N) is 2. The van der Waals surface area contributed by atoms with Crippen molar-refractivity contribution in [3.05, 3.63) is 77.4 Å². The van der Waals surface area contributed by atoms with E-state index in [1.54, 1.807) is 54.4 Å². The smallest absolute Gasteiger partial charge is 0.259 e. The Balaban J connectivity index is 0.00000433. The van der Waals surface area contributed by atoms with Crippen LogP contribution in [-0.2, 0) is 4.79 Å². The Morgan fingerprint density at radius 3 is 2.30 bits per heavy atom. The summed E-state index contributed by atoms with van der Waals surface area (Å²) in [5.74, 6) is 0.969. The highest BCUT2D eigenvalue weighted by Gasteiger charge is 2.22. The van der Waals surface area contributed by atoms with Crippen LogP contribution in [0.5, 0.6) is 17.2 Å². The van der Waals surface area contributed by atoms with Crippen molar-refractivity contribution in [1.29, 1.82) is 0 Å². The van der Waals surface area contributed by atoms with Gasteiger partial charge in [0.1, 0.15) is 17.2 Å². The molecule has 50 heavy (non-hydrogen) atoms. The Bertz CT molecular complexity index is 1550. The summed E-state index contributed by atoms with van der Waals surface area (Å²) in [4.78, 5) is 42.8. The fourth-order valence-electron chi connectivity index (χ4n) is 5.52. The molecule has 1 saturated heterocycles. The van der Waals surface area contributed by atoms with Gasteiger partial charge in [-0.1, -0.05) is 18.2 Å². The third-order valence-electron chi connectivity index (χ3n) is 8.40. The minimum Gasteiger partial charge on any atom is -0.495 e. The molecule has 3 aromatic rings. The number of nitrogens with two attached hydrogens (primary N) is 2. The van der Waals surface area contributed by atoms with E-state index in [-0.39, 0.29) is 48.6 Å². The van der Waals surface area contributed by atoms with Crippen LogP contribution in [0.1, 0.15) is 71.2 Å². The fourth-order valence-corrected chi connectivity index (χ4v) is 5.52. The van der Waals surface area contributed by atoms with Gasteiger partial charge in [-0.2, -0.15) is 0 Å². The first-order valence-electron chi connectivity index (χ1n) is 16.7. The molecule has 1 heterocycles. The third-order valence-corrected chi connectivity index (χ3v) is 8.40. The molecule has 0 radical (unpaired) electrons. The summed E-state index contributed by atoms with van der Waals surface area (Å²) < 4.78 is 17.5. The van der Waals surface area contributed by atoms with E-state index in [0.717, 1.165) is 50.8 Å². The maximum Gasteiger partial charge on any atom is 0.259 e. The van der Waals surface area contributed by atoms with Gasteiger partial charge >= 0.3 is 0 Å². The Morgan fingerprint density at radius 2 is 1.58 bits per heavy atom. The van der Waals surface area contributed by atoms with Crippen LogP contribution in [0.4, 0.5) is 11.4 Å². The van der Waals surface area contributed by atoms with Gasteiger partial charge < -0.3 is 40.8 Å². The maximum absolute atomic E-state index is 13.7. The Kier molecular flexibility index (Phi) is 17.9.